The number of aliphatic hydroxyl groups excluding tert-OH is 1. The molecule has 0 bridgehead atoms. The van der Waals surface area contributed by atoms with Crippen molar-refractivity contribution in [2.75, 3.05) is 0 Å². The summed E-state index contributed by atoms with van der Waals surface area (Å²) in [6.07, 6.45) is 11.8. The number of carbonyl (C=O) groups excluding carboxylic acids is 1. The molecular weight excluding hydrogens is 703 g/mol. The van der Waals surface area contributed by atoms with Crippen molar-refractivity contribution in [2.24, 2.45) is 22.7 Å². The standard InChI is InChI=1S/C18H22O5S.C18H20O5S.2Na/c2*1-18-9-8-14-13-5-3-12(23-24(20,21)22)10-11(13)2-4-15(14)16(18)6-7-17(18)19;;/h3-5,10,14,16-17,19H,2,6-9H2,1H3,(H,20,21,22);3,5,10,16H,2,4,6-9H2,1H3,(H,20,21,22);;/t14-,16+,17-,18+;16-,18-;;/m10../s1. The third-order valence-corrected chi connectivity index (χ3v) is 13.2. The van der Waals surface area contributed by atoms with Crippen LogP contribution in [0.4, 0.5) is 0 Å². The number of hydrogen-bond acceptors (Lipinski definition) is 8. The second-order valence-electron chi connectivity index (χ2n) is 14.8. The quantitative estimate of drug-likeness (QED) is 0.204. The van der Waals surface area contributed by atoms with Gasteiger partial charge in [-0.2, -0.15) is 16.8 Å². The molecule has 0 saturated heterocycles. The van der Waals surface area contributed by atoms with Crippen molar-refractivity contribution in [3.63, 3.8) is 0 Å². The molecule has 0 aliphatic heterocycles. The van der Waals surface area contributed by atoms with E-state index < -0.39 is 20.8 Å². The number of rotatable bonds is 4. The third-order valence-electron chi connectivity index (χ3n) is 12.3. The van der Waals surface area contributed by atoms with Crippen molar-refractivity contribution in [1.29, 1.82) is 0 Å². The minimum atomic E-state index is -4.50. The summed E-state index contributed by atoms with van der Waals surface area (Å²) >= 11 is 0. The van der Waals surface area contributed by atoms with E-state index in [1.165, 1.54) is 22.3 Å². The molecule has 260 valence electrons. The van der Waals surface area contributed by atoms with Gasteiger partial charge in [-0.1, -0.05) is 43.2 Å². The molecule has 0 heterocycles. The van der Waals surface area contributed by atoms with Crippen molar-refractivity contribution in [3.05, 3.63) is 75.9 Å². The smallest absolute Gasteiger partial charge is 0.393 e. The van der Waals surface area contributed by atoms with Crippen molar-refractivity contribution in [1.82, 2.24) is 0 Å². The summed E-state index contributed by atoms with van der Waals surface area (Å²) in [6, 6.07) is 10.4. The Morgan fingerprint density at radius 3 is 2.10 bits per heavy atom. The SMILES string of the molecule is C[C@]12CCC3=C(CCc4cc(OS(=O)(=O)O)ccc43)[C@@H]1CCC2=O.C[C@]12CC[C@H]3C(=CCc4cc(OS(=O)(=O)O)ccc43)[C@@H]1CC[C@H]2O.[Na].[Na]. The van der Waals surface area contributed by atoms with E-state index in [0.29, 0.717) is 30.0 Å². The molecule has 2 radical (unpaired) electrons. The van der Waals surface area contributed by atoms with Crippen LogP contribution in [0.25, 0.3) is 5.57 Å². The van der Waals surface area contributed by atoms with Crippen LogP contribution in [-0.4, -0.2) is 102 Å². The van der Waals surface area contributed by atoms with Crippen LogP contribution < -0.4 is 8.37 Å². The first-order chi connectivity index (χ1) is 22.6. The minimum Gasteiger partial charge on any atom is -0.393 e. The maximum absolute atomic E-state index is 12.3. The zero-order chi connectivity index (χ0) is 34.2. The number of hydrogen-bond donors (Lipinski definition) is 3. The Balaban J connectivity index is 0.000000187. The van der Waals surface area contributed by atoms with Gasteiger partial charge in [0.15, 0.2) is 0 Å². The molecule has 3 saturated carbocycles. The summed E-state index contributed by atoms with van der Waals surface area (Å²) in [5, 5.41) is 10.4. The van der Waals surface area contributed by atoms with E-state index in [-0.39, 0.29) is 87.5 Å². The Kier molecular flexibility index (Phi) is 11.8. The van der Waals surface area contributed by atoms with E-state index in [1.807, 2.05) is 12.1 Å². The molecule has 0 aromatic heterocycles. The van der Waals surface area contributed by atoms with Gasteiger partial charge in [-0.05, 0) is 128 Å². The maximum atomic E-state index is 12.3. The van der Waals surface area contributed by atoms with E-state index in [2.05, 4.69) is 28.3 Å². The molecule has 2 aromatic rings. The third kappa shape index (κ3) is 7.51. The Bertz CT molecular complexity index is 1980. The minimum absolute atomic E-state index is 0. The fraction of sp³-hybridized carbons (Fsp3) is 0.528. The summed E-state index contributed by atoms with van der Waals surface area (Å²) in [5.41, 5.74) is 8.44. The van der Waals surface area contributed by atoms with Gasteiger partial charge in [0.25, 0.3) is 0 Å². The van der Waals surface area contributed by atoms with Gasteiger partial charge in [0.2, 0.25) is 0 Å². The number of ketones is 1. The van der Waals surface area contributed by atoms with Gasteiger partial charge in [-0.15, -0.1) is 0 Å². The van der Waals surface area contributed by atoms with Gasteiger partial charge < -0.3 is 13.5 Å². The van der Waals surface area contributed by atoms with Gasteiger partial charge in [0.05, 0.1) is 6.10 Å². The molecule has 6 aliphatic rings. The number of allylic oxidation sites excluding steroid dienone is 4. The zero-order valence-corrected chi connectivity index (χ0v) is 34.8. The van der Waals surface area contributed by atoms with Crippen LogP contribution >= 0.6 is 0 Å². The Morgan fingerprint density at radius 1 is 0.760 bits per heavy atom. The monoisotopic (exact) mass is 744 g/mol. The summed E-state index contributed by atoms with van der Waals surface area (Å²) in [6.45, 7) is 4.33. The van der Waals surface area contributed by atoms with Crippen molar-refractivity contribution in [2.45, 2.75) is 96.5 Å². The Morgan fingerprint density at radius 2 is 1.42 bits per heavy atom. The van der Waals surface area contributed by atoms with Crippen LogP contribution in [0.3, 0.4) is 0 Å². The average molecular weight is 745 g/mol. The van der Waals surface area contributed by atoms with Gasteiger partial charge >= 0.3 is 20.8 Å². The van der Waals surface area contributed by atoms with Gasteiger partial charge in [0.1, 0.15) is 17.3 Å². The topological polar surface area (TPSA) is 164 Å². The number of fused-ring (bicyclic) bond motifs is 9. The Labute approximate surface area is 339 Å². The maximum Gasteiger partial charge on any atom is 0.446 e. The summed E-state index contributed by atoms with van der Waals surface area (Å²) in [4.78, 5) is 12.3. The second kappa shape index (κ2) is 14.7. The normalized spacial score (nSPS) is 30.7. The zero-order valence-electron chi connectivity index (χ0n) is 29.1. The fourth-order valence-corrected chi connectivity index (χ4v) is 10.6. The summed E-state index contributed by atoms with van der Waals surface area (Å²) < 4.78 is 70.3. The molecule has 6 aliphatic carbocycles. The largest absolute Gasteiger partial charge is 0.446 e. The Hall–Kier alpha value is -1.03. The van der Waals surface area contributed by atoms with E-state index in [1.54, 1.807) is 24.3 Å². The average Bonchev–Trinajstić information content (AvgIpc) is 3.49. The predicted molar refractivity (Wildman–Crippen MR) is 190 cm³/mol. The van der Waals surface area contributed by atoms with Crippen LogP contribution in [0.5, 0.6) is 11.5 Å². The van der Waals surface area contributed by atoms with Gasteiger partial charge in [-0.3, -0.25) is 13.9 Å². The molecule has 8 rings (SSSR count). The predicted octanol–water partition coefficient (Wildman–Crippen LogP) is 5.59. The summed E-state index contributed by atoms with van der Waals surface area (Å²) in [7, 11) is -9.00. The number of aliphatic hydroxyl groups is 1. The molecule has 3 fully saturated rings. The molecule has 2 aromatic carbocycles. The number of aryl methyl sites for hydroxylation is 1. The molecule has 0 amide bonds. The van der Waals surface area contributed by atoms with E-state index in [4.69, 9.17) is 9.11 Å². The van der Waals surface area contributed by atoms with Crippen LogP contribution in [0, 0.1) is 22.7 Å². The molecule has 10 nitrogen and oxygen atoms in total. The molecule has 6 atom stereocenters. The molecular formula is C36H42Na2O10S2. The van der Waals surface area contributed by atoms with E-state index >= 15 is 0 Å². The molecule has 0 unspecified atom stereocenters. The molecule has 50 heavy (non-hydrogen) atoms. The first kappa shape index (κ1) is 40.2. The van der Waals surface area contributed by atoms with Gasteiger partial charge in [0, 0.05) is 82.3 Å². The van der Waals surface area contributed by atoms with Crippen LogP contribution in [0.1, 0.15) is 99.8 Å². The number of Topliss-reactive ketones (excluding diaryl/α,β-unsaturated/α-hetero) is 1. The first-order valence-corrected chi connectivity index (χ1v) is 19.5. The van der Waals surface area contributed by atoms with Crippen LogP contribution in [0.15, 0.2) is 53.6 Å². The molecule has 0 spiro atoms. The van der Waals surface area contributed by atoms with Gasteiger partial charge in [-0.25, -0.2) is 0 Å². The number of benzene rings is 2. The first-order valence-electron chi connectivity index (χ1n) is 16.8. The van der Waals surface area contributed by atoms with Crippen LogP contribution in [-0.2, 0) is 38.4 Å². The fourth-order valence-electron chi connectivity index (χ4n) is 9.94. The molecule has 3 N–H and O–H groups in total. The second-order valence-corrected chi connectivity index (χ2v) is 16.8. The molecule has 14 heteroatoms. The summed E-state index contributed by atoms with van der Waals surface area (Å²) in [5.74, 6) is 1.82. The van der Waals surface area contributed by atoms with E-state index in [9.17, 15) is 26.7 Å². The van der Waals surface area contributed by atoms with Crippen molar-refractivity contribution >= 4 is 91.3 Å². The van der Waals surface area contributed by atoms with E-state index in [0.717, 1.165) is 80.9 Å². The number of carbonyl (C=O) groups is 1. The van der Waals surface area contributed by atoms with Crippen molar-refractivity contribution in [3.8, 4) is 11.5 Å². The van der Waals surface area contributed by atoms with Crippen LogP contribution in [0.2, 0.25) is 0 Å². The van der Waals surface area contributed by atoms with Crippen molar-refractivity contribution < 1.29 is 44.2 Å².